The van der Waals surface area contributed by atoms with Crippen LogP contribution in [0.3, 0.4) is 0 Å². The first-order chi connectivity index (χ1) is 13.1. The van der Waals surface area contributed by atoms with E-state index >= 15 is 0 Å². The molecule has 0 N–H and O–H groups in total. The molecule has 27 heavy (non-hydrogen) atoms. The Balaban J connectivity index is 1.61. The summed E-state index contributed by atoms with van der Waals surface area (Å²) in [5, 5.41) is 3.11. The van der Waals surface area contributed by atoms with Gasteiger partial charge in [0.05, 0.1) is 18.6 Å². The number of nitrogens with zero attached hydrogens (tertiary/aromatic N) is 5. The number of hydrogen-bond donors (Lipinski definition) is 0. The van der Waals surface area contributed by atoms with Crippen LogP contribution in [0.4, 0.5) is 10.8 Å². The second kappa shape index (κ2) is 7.52. The van der Waals surface area contributed by atoms with E-state index in [1.54, 1.807) is 33.3 Å². The van der Waals surface area contributed by atoms with Crippen molar-refractivity contribution >= 4 is 28.1 Å². The molecule has 1 aliphatic heterocycles. The van der Waals surface area contributed by atoms with E-state index in [2.05, 4.69) is 15.3 Å². The second-order valence-corrected chi connectivity index (χ2v) is 7.80. The van der Waals surface area contributed by atoms with Crippen molar-refractivity contribution in [1.82, 2.24) is 14.5 Å². The standard InChI is InChI=1S/C20H23N5OS/c1-15-5-7-17(8-6-15)25(19(26)18-12-23(2)14-21-18)11-16-13-27-20(22-16)24-9-3-4-10-24/h5-8,12-14H,3-4,9-11H2,1-2H3. The molecule has 1 aromatic carbocycles. The van der Waals surface area contributed by atoms with Crippen molar-refractivity contribution in [3.63, 3.8) is 0 Å². The van der Waals surface area contributed by atoms with Gasteiger partial charge in [-0.1, -0.05) is 17.7 Å². The lowest BCUT2D eigenvalue weighted by atomic mass is 10.2. The smallest absolute Gasteiger partial charge is 0.278 e. The van der Waals surface area contributed by atoms with Crippen LogP contribution in [0.5, 0.6) is 0 Å². The molecule has 6 nitrogen and oxygen atoms in total. The molecule has 0 spiro atoms. The van der Waals surface area contributed by atoms with Gasteiger partial charge in [-0.25, -0.2) is 9.97 Å². The molecule has 0 bridgehead atoms. The van der Waals surface area contributed by atoms with Gasteiger partial charge in [-0.3, -0.25) is 4.79 Å². The molecule has 7 heteroatoms. The van der Waals surface area contributed by atoms with Gasteiger partial charge in [-0.15, -0.1) is 11.3 Å². The molecule has 1 fully saturated rings. The number of thiazole rings is 1. The molecule has 3 aromatic rings. The summed E-state index contributed by atoms with van der Waals surface area (Å²) in [5.41, 5.74) is 3.36. The molecule has 1 amide bonds. The fraction of sp³-hybridized carbons (Fsp3) is 0.350. The van der Waals surface area contributed by atoms with Gasteiger partial charge >= 0.3 is 0 Å². The van der Waals surface area contributed by atoms with Crippen molar-refractivity contribution in [2.24, 2.45) is 7.05 Å². The summed E-state index contributed by atoms with van der Waals surface area (Å²) < 4.78 is 1.79. The van der Waals surface area contributed by atoms with Gasteiger partial charge in [-0.05, 0) is 31.9 Å². The van der Waals surface area contributed by atoms with E-state index in [0.29, 0.717) is 12.2 Å². The fourth-order valence-corrected chi connectivity index (χ4v) is 4.12. The average Bonchev–Trinajstić information content (AvgIpc) is 3.41. The topological polar surface area (TPSA) is 54.3 Å². The summed E-state index contributed by atoms with van der Waals surface area (Å²) >= 11 is 1.66. The molecule has 0 atom stereocenters. The molecule has 0 saturated carbocycles. The number of imidazole rings is 1. The van der Waals surface area contributed by atoms with Crippen molar-refractivity contribution < 1.29 is 4.79 Å². The first-order valence-corrected chi connectivity index (χ1v) is 10.0. The number of aryl methyl sites for hydroxylation is 2. The van der Waals surface area contributed by atoms with Gasteiger partial charge in [0.25, 0.3) is 5.91 Å². The van der Waals surface area contributed by atoms with Crippen molar-refractivity contribution in [2.75, 3.05) is 22.9 Å². The minimum atomic E-state index is -0.116. The molecule has 0 unspecified atom stereocenters. The van der Waals surface area contributed by atoms with E-state index < -0.39 is 0 Å². The highest BCUT2D eigenvalue weighted by atomic mass is 32.1. The minimum absolute atomic E-state index is 0.116. The van der Waals surface area contributed by atoms with E-state index in [4.69, 9.17) is 4.98 Å². The number of benzene rings is 1. The largest absolute Gasteiger partial charge is 0.348 e. The third kappa shape index (κ3) is 3.88. The van der Waals surface area contributed by atoms with Crippen molar-refractivity contribution in [3.8, 4) is 0 Å². The third-order valence-corrected chi connectivity index (χ3v) is 5.70. The van der Waals surface area contributed by atoms with Crippen LogP contribution in [0.25, 0.3) is 0 Å². The van der Waals surface area contributed by atoms with Gasteiger partial charge < -0.3 is 14.4 Å². The molecule has 140 valence electrons. The molecular formula is C20H23N5OS. The van der Waals surface area contributed by atoms with Crippen LogP contribution in [-0.2, 0) is 13.6 Å². The maximum Gasteiger partial charge on any atom is 0.278 e. The van der Waals surface area contributed by atoms with Gasteiger partial charge in [0, 0.05) is 37.4 Å². The quantitative estimate of drug-likeness (QED) is 0.677. The number of anilines is 2. The molecule has 2 aromatic heterocycles. The van der Waals surface area contributed by atoms with Crippen LogP contribution in [0.2, 0.25) is 0 Å². The van der Waals surface area contributed by atoms with Gasteiger partial charge in [0.2, 0.25) is 0 Å². The first-order valence-electron chi connectivity index (χ1n) is 9.16. The fourth-order valence-electron chi connectivity index (χ4n) is 3.25. The molecular weight excluding hydrogens is 358 g/mol. The lowest BCUT2D eigenvalue weighted by Crippen LogP contribution is -2.31. The van der Waals surface area contributed by atoms with Crippen LogP contribution in [0, 0.1) is 6.92 Å². The van der Waals surface area contributed by atoms with E-state index in [-0.39, 0.29) is 5.91 Å². The van der Waals surface area contributed by atoms with Crippen molar-refractivity contribution in [1.29, 1.82) is 0 Å². The molecule has 1 aliphatic rings. The zero-order valence-corrected chi connectivity index (χ0v) is 16.4. The van der Waals surface area contributed by atoms with Crippen molar-refractivity contribution in [2.45, 2.75) is 26.3 Å². The Kier molecular flexibility index (Phi) is 4.94. The Bertz CT molecular complexity index is 924. The number of carbonyl (C=O) groups is 1. The second-order valence-electron chi connectivity index (χ2n) is 6.97. The Morgan fingerprint density at radius 2 is 1.96 bits per heavy atom. The summed E-state index contributed by atoms with van der Waals surface area (Å²) in [6, 6.07) is 7.99. The highest BCUT2D eigenvalue weighted by molar-refractivity contribution is 7.13. The summed E-state index contributed by atoms with van der Waals surface area (Å²) in [4.78, 5) is 26.2. The summed E-state index contributed by atoms with van der Waals surface area (Å²) in [6.45, 7) is 4.61. The van der Waals surface area contributed by atoms with Crippen LogP contribution in [0.1, 0.15) is 34.6 Å². The monoisotopic (exact) mass is 381 g/mol. The Morgan fingerprint density at radius 3 is 2.63 bits per heavy atom. The van der Waals surface area contributed by atoms with Crippen molar-refractivity contribution in [3.05, 3.63) is 59.1 Å². The number of amides is 1. The SMILES string of the molecule is Cc1ccc(N(Cc2csc(N3CCCC3)n2)C(=O)c2cn(C)cn2)cc1. The number of aromatic nitrogens is 3. The molecule has 4 rings (SSSR count). The van der Waals surface area contributed by atoms with E-state index in [9.17, 15) is 4.79 Å². The molecule has 0 radical (unpaired) electrons. The Labute approximate surface area is 163 Å². The predicted molar refractivity (Wildman–Crippen MR) is 108 cm³/mol. The highest BCUT2D eigenvalue weighted by Crippen LogP contribution is 2.27. The average molecular weight is 382 g/mol. The lowest BCUT2D eigenvalue weighted by molar-refractivity contribution is 0.0980. The minimum Gasteiger partial charge on any atom is -0.348 e. The van der Waals surface area contributed by atoms with E-state index in [0.717, 1.165) is 35.2 Å². The summed E-state index contributed by atoms with van der Waals surface area (Å²) in [5.74, 6) is -0.116. The highest BCUT2D eigenvalue weighted by Gasteiger charge is 2.22. The number of hydrogen-bond acceptors (Lipinski definition) is 5. The maximum absolute atomic E-state index is 13.1. The third-order valence-electron chi connectivity index (χ3n) is 4.75. The Morgan fingerprint density at radius 1 is 1.22 bits per heavy atom. The Hall–Kier alpha value is -2.67. The zero-order chi connectivity index (χ0) is 18.8. The zero-order valence-electron chi connectivity index (χ0n) is 15.6. The summed E-state index contributed by atoms with van der Waals surface area (Å²) in [7, 11) is 1.86. The van der Waals surface area contributed by atoms with E-state index in [1.807, 2.05) is 38.2 Å². The number of carbonyl (C=O) groups excluding carboxylic acids is 1. The maximum atomic E-state index is 13.1. The summed E-state index contributed by atoms with van der Waals surface area (Å²) in [6.07, 6.45) is 5.85. The van der Waals surface area contributed by atoms with Gasteiger partial charge in [-0.2, -0.15) is 0 Å². The van der Waals surface area contributed by atoms with Crippen LogP contribution >= 0.6 is 11.3 Å². The predicted octanol–water partition coefficient (Wildman–Crippen LogP) is 3.63. The van der Waals surface area contributed by atoms with Gasteiger partial charge in [0.15, 0.2) is 5.13 Å². The first kappa shape index (κ1) is 17.7. The van der Waals surface area contributed by atoms with E-state index in [1.165, 1.54) is 12.8 Å². The lowest BCUT2D eigenvalue weighted by Gasteiger charge is -2.21. The van der Waals surface area contributed by atoms with Crippen LogP contribution in [-0.4, -0.2) is 33.5 Å². The van der Waals surface area contributed by atoms with Crippen LogP contribution in [0.15, 0.2) is 42.2 Å². The van der Waals surface area contributed by atoms with Gasteiger partial charge in [0.1, 0.15) is 5.69 Å². The molecule has 0 aliphatic carbocycles. The molecule has 1 saturated heterocycles. The van der Waals surface area contributed by atoms with Crippen LogP contribution < -0.4 is 9.80 Å². The molecule has 3 heterocycles. The normalized spacial score (nSPS) is 13.9. The number of rotatable bonds is 5.